The van der Waals surface area contributed by atoms with E-state index in [2.05, 4.69) is 27.6 Å². The number of carbonyl (C=O) groups is 1. The quantitative estimate of drug-likeness (QED) is 0.676. The van der Waals surface area contributed by atoms with E-state index in [0.29, 0.717) is 11.3 Å². The molecule has 1 aromatic heterocycles. The Kier molecular flexibility index (Phi) is 3.74. The molecular weight excluding hydrogens is 381 g/mol. The Balaban J connectivity index is 2.09. The number of rotatable bonds is 3. The summed E-state index contributed by atoms with van der Waals surface area (Å²) in [6, 6.07) is 16.3. The molecule has 3 aromatic rings. The zero-order chi connectivity index (χ0) is 14.8. The predicted molar refractivity (Wildman–Crippen MR) is 87.9 cm³/mol. The summed E-state index contributed by atoms with van der Waals surface area (Å²) < 4.78 is 6.71. The highest BCUT2D eigenvalue weighted by atomic mass is 127. The van der Waals surface area contributed by atoms with Crippen molar-refractivity contribution >= 4 is 39.5 Å². The average molecular weight is 391 g/mol. The Labute approximate surface area is 134 Å². The Morgan fingerprint density at radius 1 is 1.10 bits per heavy atom. The second kappa shape index (κ2) is 5.69. The van der Waals surface area contributed by atoms with E-state index in [9.17, 15) is 9.90 Å². The van der Waals surface area contributed by atoms with Crippen molar-refractivity contribution in [2.75, 3.05) is 0 Å². The number of hydrogen-bond donors (Lipinski definition) is 1. The van der Waals surface area contributed by atoms with Gasteiger partial charge in [-0.05, 0) is 59.0 Å². The minimum atomic E-state index is -1.06. The van der Waals surface area contributed by atoms with Crippen molar-refractivity contribution in [2.45, 2.75) is 0 Å². The van der Waals surface area contributed by atoms with Gasteiger partial charge < -0.3 is 9.84 Å². The highest BCUT2D eigenvalue weighted by molar-refractivity contribution is 14.1. The lowest BCUT2D eigenvalue weighted by Crippen LogP contribution is -2.02. The van der Waals surface area contributed by atoms with Crippen LogP contribution < -0.4 is 4.74 Å². The topological polar surface area (TPSA) is 59.4 Å². The van der Waals surface area contributed by atoms with Crippen LogP contribution in [0.15, 0.2) is 54.6 Å². The number of aromatic nitrogens is 1. The molecule has 0 fully saturated rings. The Morgan fingerprint density at radius 3 is 2.52 bits per heavy atom. The second-order valence-electron chi connectivity index (χ2n) is 4.39. The molecule has 0 atom stereocenters. The van der Waals surface area contributed by atoms with Gasteiger partial charge in [-0.2, -0.15) is 0 Å². The number of ether oxygens (including phenoxy) is 1. The van der Waals surface area contributed by atoms with Crippen LogP contribution in [0, 0.1) is 3.57 Å². The van der Waals surface area contributed by atoms with E-state index in [1.807, 2.05) is 36.4 Å². The van der Waals surface area contributed by atoms with Crippen LogP contribution >= 0.6 is 22.6 Å². The molecule has 1 heterocycles. The SMILES string of the molecule is O=C(O)c1cc2ccccc2nc1Oc1ccc(I)cc1. The van der Waals surface area contributed by atoms with Gasteiger partial charge in [0, 0.05) is 8.96 Å². The van der Waals surface area contributed by atoms with Gasteiger partial charge in [-0.1, -0.05) is 18.2 Å². The Bertz CT molecular complexity index is 815. The maximum Gasteiger partial charge on any atom is 0.341 e. The van der Waals surface area contributed by atoms with Gasteiger partial charge >= 0.3 is 5.97 Å². The third-order valence-corrected chi connectivity index (χ3v) is 3.67. The number of fused-ring (bicyclic) bond motifs is 1. The van der Waals surface area contributed by atoms with E-state index in [4.69, 9.17) is 4.74 Å². The molecule has 3 rings (SSSR count). The maximum atomic E-state index is 11.4. The zero-order valence-corrected chi connectivity index (χ0v) is 12.9. The second-order valence-corrected chi connectivity index (χ2v) is 5.64. The molecule has 4 nitrogen and oxygen atoms in total. The van der Waals surface area contributed by atoms with Crippen LogP contribution in [-0.4, -0.2) is 16.1 Å². The fourth-order valence-corrected chi connectivity index (χ4v) is 2.30. The van der Waals surface area contributed by atoms with E-state index in [1.54, 1.807) is 18.2 Å². The van der Waals surface area contributed by atoms with Crippen molar-refractivity contribution in [3.05, 3.63) is 63.7 Å². The molecule has 0 unspecified atom stereocenters. The molecule has 0 bridgehead atoms. The Hall–Kier alpha value is -2.15. The molecule has 0 aliphatic carbocycles. The molecule has 5 heteroatoms. The number of pyridine rings is 1. The van der Waals surface area contributed by atoms with Crippen LogP contribution in [-0.2, 0) is 0 Å². The fourth-order valence-electron chi connectivity index (χ4n) is 1.94. The zero-order valence-electron chi connectivity index (χ0n) is 10.8. The minimum absolute atomic E-state index is 0.0484. The van der Waals surface area contributed by atoms with E-state index in [0.717, 1.165) is 8.96 Å². The summed E-state index contributed by atoms with van der Waals surface area (Å²) in [7, 11) is 0. The van der Waals surface area contributed by atoms with Gasteiger partial charge in [-0.3, -0.25) is 0 Å². The summed E-state index contributed by atoms with van der Waals surface area (Å²) in [4.78, 5) is 15.7. The lowest BCUT2D eigenvalue weighted by atomic mass is 10.1. The highest BCUT2D eigenvalue weighted by Crippen LogP contribution is 2.27. The molecule has 0 saturated heterocycles. The number of benzene rings is 2. The van der Waals surface area contributed by atoms with E-state index in [1.165, 1.54) is 0 Å². The summed E-state index contributed by atoms with van der Waals surface area (Å²) in [5.41, 5.74) is 0.746. The maximum absolute atomic E-state index is 11.4. The van der Waals surface area contributed by atoms with Crippen LogP contribution in [0.4, 0.5) is 0 Å². The summed E-state index contributed by atoms with van der Waals surface area (Å²) >= 11 is 2.19. The number of para-hydroxylation sites is 1. The number of carboxylic acid groups (broad SMARTS) is 1. The molecule has 0 saturated carbocycles. The normalized spacial score (nSPS) is 10.5. The van der Waals surface area contributed by atoms with Gasteiger partial charge in [-0.25, -0.2) is 9.78 Å². The van der Waals surface area contributed by atoms with Crippen LogP contribution in [0.2, 0.25) is 0 Å². The van der Waals surface area contributed by atoms with Gasteiger partial charge in [-0.15, -0.1) is 0 Å². The summed E-state index contributed by atoms with van der Waals surface area (Å²) in [6.07, 6.45) is 0. The van der Waals surface area contributed by atoms with Crippen molar-refractivity contribution in [1.82, 2.24) is 4.98 Å². The molecule has 0 radical (unpaired) electrons. The monoisotopic (exact) mass is 391 g/mol. The number of carboxylic acids is 1. The molecule has 0 aliphatic rings. The average Bonchev–Trinajstić information content (AvgIpc) is 2.48. The van der Waals surface area contributed by atoms with Crippen molar-refractivity contribution in [3.8, 4) is 11.6 Å². The molecular formula is C16H10INO3. The third-order valence-electron chi connectivity index (χ3n) is 2.95. The minimum Gasteiger partial charge on any atom is -0.477 e. The summed E-state index contributed by atoms with van der Waals surface area (Å²) in [5, 5.41) is 10.1. The van der Waals surface area contributed by atoms with Crippen LogP contribution in [0.1, 0.15) is 10.4 Å². The van der Waals surface area contributed by atoms with Crippen molar-refractivity contribution < 1.29 is 14.6 Å². The molecule has 21 heavy (non-hydrogen) atoms. The van der Waals surface area contributed by atoms with E-state index in [-0.39, 0.29) is 11.4 Å². The highest BCUT2D eigenvalue weighted by Gasteiger charge is 2.15. The molecule has 1 N–H and O–H groups in total. The first-order valence-electron chi connectivity index (χ1n) is 6.20. The molecule has 2 aromatic carbocycles. The standard InChI is InChI=1S/C16H10INO3/c17-11-5-7-12(8-6-11)21-15-13(16(19)20)9-10-3-1-2-4-14(10)18-15/h1-9H,(H,19,20). The first-order chi connectivity index (χ1) is 10.1. The van der Waals surface area contributed by atoms with Crippen molar-refractivity contribution in [1.29, 1.82) is 0 Å². The smallest absolute Gasteiger partial charge is 0.341 e. The van der Waals surface area contributed by atoms with Gasteiger partial charge in [0.1, 0.15) is 11.3 Å². The number of nitrogens with zero attached hydrogens (tertiary/aromatic N) is 1. The molecule has 0 amide bonds. The van der Waals surface area contributed by atoms with Gasteiger partial charge in [0.2, 0.25) is 5.88 Å². The van der Waals surface area contributed by atoms with E-state index < -0.39 is 5.97 Å². The van der Waals surface area contributed by atoms with Crippen molar-refractivity contribution in [3.63, 3.8) is 0 Å². The summed E-state index contributed by atoms with van der Waals surface area (Å²) in [5.74, 6) is -0.406. The Morgan fingerprint density at radius 2 is 1.81 bits per heavy atom. The van der Waals surface area contributed by atoms with Crippen molar-refractivity contribution in [2.24, 2.45) is 0 Å². The fraction of sp³-hybridized carbons (Fsp3) is 0. The largest absolute Gasteiger partial charge is 0.477 e. The van der Waals surface area contributed by atoms with Crippen LogP contribution in [0.3, 0.4) is 0 Å². The third kappa shape index (κ3) is 2.97. The van der Waals surface area contributed by atoms with Gasteiger partial charge in [0.15, 0.2) is 0 Å². The number of halogens is 1. The lowest BCUT2D eigenvalue weighted by Gasteiger charge is -2.09. The number of hydrogen-bond acceptors (Lipinski definition) is 3. The first-order valence-corrected chi connectivity index (χ1v) is 7.28. The predicted octanol–water partition coefficient (Wildman–Crippen LogP) is 4.33. The lowest BCUT2D eigenvalue weighted by molar-refractivity contribution is 0.0693. The molecule has 0 spiro atoms. The van der Waals surface area contributed by atoms with E-state index >= 15 is 0 Å². The molecule has 104 valence electrons. The molecule has 0 aliphatic heterocycles. The van der Waals surface area contributed by atoms with Crippen LogP contribution in [0.25, 0.3) is 10.9 Å². The first kappa shape index (κ1) is 13.8. The van der Waals surface area contributed by atoms with Gasteiger partial charge in [0.05, 0.1) is 5.52 Å². The number of aromatic carboxylic acids is 1. The van der Waals surface area contributed by atoms with Gasteiger partial charge in [0.25, 0.3) is 0 Å². The van der Waals surface area contributed by atoms with Crippen LogP contribution in [0.5, 0.6) is 11.6 Å². The summed E-state index contributed by atoms with van der Waals surface area (Å²) in [6.45, 7) is 0.